The summed E-state index contributed by atoms with van der Waals surface area (Å²) < 4.78 is 17.8. The second-order valence-corrected chi connectivity index (χ2v) is 2.38. The fourth-order valence-corrected chi connectivity index (χ4v) is 0.817. The molecule has 3 heteroatoms. The van der Waals surface area contributed by atoms with Gasteiger partial charge in [0.05, 0.1) is 6.54 Å². The van der Waals surface area contributed by atoms with E-state index in [-0.39, 0.29) is 5.82 Å². The van der Waals surface area contributed by atoms with Gasteiger partial charge < -0.3 is 10.1 Å². The first-order valence-corrected chi connectivity index (χ1v) is 3.82. The molecule has 0 atom stereocenters. The summed E-state index contributed by atoms with van der Waals surface area (Å²) in [6.07, 6.45) is 0. The van der Waals surface area contributed by atoms with E-state index >= 15 is 0 Å². The molecule has 2 nitrogen and oxygen atoms in total. The number of nitrogens with two attached hydrogens (primary N) is 1. The molecular formula is C9H12FNO. The topological polar surface area (TPSA) is 25.8 Å². The van der Waals surface area contributed by atoms with Gasteiger partial charge in [-0.1, -0.05) is 6.07 Å². The van der Waals surface area contributed by atoms with E-state index in [0.29, 0.717) is 12.4 Å². The van der Waals surface area contributed by atoms with Crippen molar-refractivity contribution in [2.45, 2.75) is 0 Å². The summed E-state index contributed by atoms with van der Waals surface area (Å²) in [4.78, 5) is 0. The predicted molar refractivity (Wildman–Crippen MR) is 44.0 cm³/mol. The fourth-order valence-electron chi connectivity index (χ4n) is 0.817. The van der Waals surface area contributed by atoms with Crippen molar-refractivity contribution in [3.05, 3.63) is 37.1 Å². The minimum Gasteiger partial charge on any atom is -0.488 e. The maximum atomic E-state index is 12.6. The molecule has 0 heterocycles. The zero-order valence-corrected chi connectivity index (χ0v) is 6.79. The van der Waals surface area contributed by atoms with Crippen LogP contribution in [-0.2, 0) is 0 Å². The minimum absolute atomic E-state index is 0.272. The quantitative estimate of drug-likeness (QED) is 0.517. The highest BCUT2D eigenvalue weighted by Crippen LogP contribution is 2.10. The summed E-state index contributed by atoms with van der Waals surface area (Å²) in [5, 5.41) is 1.76. The molecule has 0 amide bonds. The summed E-state index contributed by atoms with van der Waals surface area (Å²) in [5.41, 5.74) is 0. The molecule has 1 aromatic rings. The highest BCUT2D eigenvalue weighted by atomic mass is 19.1. The Hall–Kier alpha value is -1.09. The molecule has 0 unspecified atom stereocenters. The molecule has 0 spiro atoms. The van der Waals surface area contributed by atoms with Crippen molar-refractivity contribution >= 4 is 0 Å². The Kier molecular flexibility index (Phi) is 3.54. The summed E-state index contributed by atoms with van der Waals surface area (Å²) >= 11 is 0. The Balaban J connectivity index is 2.41. The van der Waals surface area contributed by atoms with Crippen LogP contribution in [0, 0.1) is 12.9 Å². The van der Waals surface area contributed by atoms with E-state index in [2.05, 4.69) is 7.05 Å². The Morgan fingerprint density at radius 2 is 2.33 bits per heavy atom. The summed E-state index contributed by atoms with van der Waals surface area (Å²) in [6, 6.07) is 6.11. The average Bonchev–Trinajstić information content (AvgIpc) is 2.05. The Morgan fingerprint density at radius 1 is 1.50 bits per heavy atom. The van der Waals surface area contributed by atoms with Gasteiger partial charge in [0.2, 0.25) is 0 Å². The normalized spacial score (nSPS) is 9.83. The maximum absolute atomic E-state index is 12.6. The van der Waals surface area contributed by atoms with Crippen LogP contribution >= 0.6 is 0 Å². The number of rotatable bonds is 4. The monoisotopic (exact) mass is 169 g/mol. The van der Waals surface area contributed by atoms with E-state index in [1.165, 1.54) is 12.1 Å². The van der Waals surface area contributed by atoms with Crippen molar-refractivity contribution < 1.29 is 14.4 Å². The number of benzene rings is 1. The molecule has 0 aliphatic carbocycles. The van der Waals surface area contributed by atoms with Crippen molar-refractivity contribution in [1.82, 2.24) is 0 Å². The molecule has 0 aromatic heterocycles. The number of halogens is 1. The van der Waals surface area contributed by atoms with E-state index in [9.17, 15) is 4.39 Å². The van der Waals surface area contributed by atoms with Crippen LogP contribution < -0.4 is 10.1 Å². The molecule has 1 rings (SSSR count). The van der Waals surface area contributed by atoms with Crippen LogP contribution in [0.1, 0.15) is 0 Å². The van der Waals surface area contributed by atoms with Crippen LogP contribution in [-0.4, -0.2) is 13.2 Å². The van der Waals surface area contributed by atoms with Gasteiger partial charge in [0.25, 0.3) is 0 Å². The van der Waals surface area contributed by atoms with Gasteiger partial charge in [0.15, 0.2) is 0 Å². The molecule has 0 aliphatic heterocycles. The second-order valence-electron chi connectivity index (χ2n) is 2.38. The third-order valence-electron chi connectivity index (χ3n) is 1.39. The van der Waals surface area contributed by atoms with Crippen LogP contribution in [0.2, 0.25) is 0 Å². The Morgan fingerprint density at radius 3 is 3.00 bits per heavy atom. The van der Waals surface area contributed by atoms with E-state index in [0.717, 1.165) is 6.54 Å². The maximum Gasteiger partial charge on any atom is 0.135 e. The highest BCUT2D eigenvalue weighted by molar-refractivity contribution is 5.22. The molecule has 66 valence electrons. The van der Waals surface area contributed by atoms with Crippen LogP contribution in [0.25, 0.3) is 0 Å². The Labute approximate surface area is 71.4 Å². The number of hydrogen-bond donors (Lipinski definition) is 1. The van der Waals surface area contributed by atoms with Crippen molar-refractivity contribution in [2.75, 3.05) is 13.2 Å². The first-order valence-electron chi connectivity index (χ1n) is 3.82. The third kappa shape index (κ3) is 2.88. The van der Waals surface area contributed by atoms with E-state index in [1.807, 2.05) is 0 Å². The van der Waals surface area contributed by atoms with Crippen molar-refractivity contribution in [2.24, 2.45) is 0 Å². The molecule has 0 aliphatic rings. The first-order chi connectivity index (χ1) is 5.83. The van der Waals surface area contributed by atoms with Crippen LogP contribution in [0.4, 0.5) is 4.39 Å². The lowest BCUT2D eigenvalue weighted by Gasteiger charge is -2.04. The van der Waals surface area contributed by atoms with Crippen molar-refractivity contribution in [3.63, 3.8) is 0 Å². The standard InChI is InChI=1S/C9H12FNO/c1-11-5-6-12-9-4-2-3-8(10)7-9/h2-4,7H,1,5-6,11H2. The number of hydrogen-bond acceptors (Lipinski definition) is 1. The molecule has 2 N–H and O–H groups in total. The van der Waals surface area contributed by atoms with Crippen LogP contribution in [0.3, 0.4) is 0 Å². The fraction of sp³-hybridized carbons (Fsp3) is 0.222. The first kappa shape index (κ1) is 9.00. The Bertz CT molecular complexity index is 240. The van der Waals surface area contributed by atoms with Gasteiger partial charge in [0.1, 0.15) is 18.2 Å². The van der Waals surface area contributed by atoms with Gasteiger partial charge in [-0.05, 0) is 12.1 Å². The van der Waals surface area contributed by atoms with Gasteiger partial charge in [-0.2, -0.15) is 7.05 Å². The van der Waals surface area contributed by atoms with Crippen LogP contribution in [0.15, 0.2) is 24.3 Å². The third-order valence-corrected chi connectivity index (χ3v) is 1.39. The number of quaternary nitrogens is 1. The van der Waals surface area contributed by atoms with E-state index < -0.39 is 0 Å². The van der Waals surface area contributed by atoms with Gasteiger partial charge in [-0.3, -0.25) is 0 Å². The molecule has 0 bridgehead atoms. The van der Waals surface area contributed by atoms with Gasteiger partial charge in [-0.15, -0.1) is 0 Å². The lowest BCUT2D eigenvalue weighted by Crippen LogP contribution is -2.78. The average molecular weight is 169 g/mol. The zero-order chi connectivity index (χ0) is 8.81. The minimum atomic E-state index is -0.272. The zero-order valence-electron chi connectivity index (χ0n) is 6.79. The molecule has 0 saturated heterocycles. The molecule has 1 aromatic carbocycles. The van der Waals surface area contributed by atoms with Gasteiger partial charge in [-0.25, -0.2) is 4.39 Å². The van der Waals surface area contributed by atoms with Crippen molar-refractivity contribution in [3.8, 4) is 5.75 Å². The predicted octanol–water partition coefficient (Wildman–Crippen LogP) is 0.559. The van der Waals surface area contributed by atoms with E-state index in [1.54, 1.807) is 17.4 Å². The van der Waals surface area contributed by atoms with Crippen LogP contribution in [0.5, 0.6) is 5.75 Å². The summed E-state index contributed by atoms with van der Waals surface area (Å²) in [6.45, 7) is 1.32. The van der Waals surface area contributed by atoms with Gasteiger partial charge in [0, 0.05) is 6.07 Å². The van der Waals surface area contributed by atoms with Gasteiger partial charge >= 0.3 is 0 Å². The molecule has 0 radical (unpaired) electrons. The van der Waals surface area contributed by atoms with Crippen molar-refractivity contribution in [1.29, 1.82) is 0 Å². The lowest BCUT2D eigenvalue weighted by molar-refractivity contribution is -0.596. The summed E-state index contributed by atoms with van der Waals surface area (Å²) in [5.74, 6) is 0.294. The molecule has 12 heavy (non-hydrogen) atoms. The largest absolute Gasteiger partial charge is 0.488 e. The molecule has 0 saturated carbocycles. The number of ether oxygens (including phenoxy) is 1. The molecular weight excluding hydrogens is 157 g/mol. The summed E-state index contributed by atoms with van der Waals surface area (Å²) in [7, 11) is 3.56. The highest BCUT2D eigenvalue weighted by Gasteiger charge is 1.94. The van der Waals surface area contributed by atoms with E-state index in [4.69, 9.17) is 4.74 Å². The SMILES string of the molecule is [CH2-][NH2+]CCOc1cccc(F)c1. The second kappa shape index (κ2) is 4.72. The smallest absolute Gasteiger partial charge is 0.135 e. The lowest BCUT2D eigenvalue weighted by atomic mass is 10.3. The molecule has 0 fully saturated rings.